The lowest BCUT2D eigenvalue weighted by Gasteiger charge is -2.14. The number of hydrogen-bond acceptors (Lipinski definition) is 3. The van der Waals surface area contributed by atoms with Crippen LogP contribution in [0.4, 0.5) is 13.2 Å². The number of alkyl halides is 3. The Morgan fingerprint density at radius 3 is 2.33 bits per heavy atom. The van der Waals surface area contributed by atoms with E-state index in [1.807, 2.05) is 13.8 Å². The molecule has 0 bridgehead atoms. The van der Waals surface area contributed by atoms with Gasteiger partial charge in [-0.15, -0.1) is 0 Å². The molecule has 24 heavy (non-hydrogen) atoms. The van der Waals surface area contributed by atoms with Gasteiger partial charge in [-0.1, -0.05) is 40.5 Å². The number of benzene rings is 1. The summed E-state index contributed by atoms with van der Waals surface area (Å²) in [6.45, 7) is 4.13. The highest BCUT2D eigenvalue weighted by Gasteiger charge is 2.35. The molecule has 0 radical (unpaired) electrons. The van der Waals surface area contributed by atoms with Gasteiger partial charge in [0.25, 0.3) is 0 Å². The molecule has 130 valence electrons. The maximum absolute atomic E-state index is 13.3. The van der Waals surface area contributed by atoms with Crippen LogP contribution in [0.1, 0.15) is 25.1 Å². The minimum absolute atomic E-state index is 0.0461. The number of rotatable bonds is 3. The summed E-state index contributed by atoms with van der Waals surface area (Å²) in [5.41, 5.74) is 0.237. The van der Waals surface area contributed by atoms with Crippen molar-refractivity contribution in [3.8, 4) is 11.3 Å². The van der Waals surface area contributed by atoms with E-state index < -0.39 is 11.7 Å². The van der Waals surface area contributed by atoms with E-state index in [9.17, 15) is 13.2 Å². The van der Waals surface area contributed by atoms with E-state index in [2.05, 4.69) is 21.0 Å². The standard InChI is InChI=1S/C14H13BrClF3N2.CO2/c1-3-11-12(16)13(21(4-2)20-11)9-6-5-8(15)7-10(9)14(17,18)19;2-1-3/h5-7H,3-4H2,1-2H3;. The zero-order chi connectivity index (χ0) is 18.5. The van der Waals surface area contributed by atoms with E-state index in [-0.39, 0.29) is 16.7 Å². The first-order chi connectivity index (χ1) is 11.2. The second-order valence-corrected chi connectivity index (χ2v) is 5.84. The molecule has 9 heteroatoms. The highest BCUT2D eigenvalue weighted by molar-refractivity contribution is 9.10. The molecule has 0 aliphatic rings. The van der Waals surface area contributed by atoms with Crippen molar-refractivity contribution in [3.05, 3.63) is 39.0 Å². The molecule has 2 rings (SSSR count). The Morgan fingerprint density at radius 1 is 1.29 bits per heavy atom. The second kappa shape index (κ2) is 8.46. The van der Waals surface area contributed by atoms with Gasteiger partial charge in [-0.05, 0) is 25.5 Å². The molecule has 0 unspecified atom stereocenters. The van der Waals surface area contributed by atoms with Gasteiger partial charge in [0.2, 0.25) is 0 Å². The van der Waals surface area contributed by atoms with Crippen LogP contribution in [0.15, 0.2) is 22.7 Å². The van der Waals surface area contributed by atoms with Crippen molar-refractivity contribution in [2.75, 3.05) is 0 Å². The van der Waals surface area contributed by atoms with Crippen LogP contribution in [0, 0.1) is 0 Å². The number of nitrogens with zero attached hydrogens (tertiary/aromatic N) is 2. The van der Waals surface area contributed by atoms with Crippen LogP contribution < -0.4 is 0 Å². The normalized spacial score (nSPS) is 10.8. The fourth-order valence-corrected chi connectivity index (χ4v) is 2.89. The first kappa shape index (κ1) is 20.4. The van der Waals surface area contributed by atoms with Gasteiger partial charge >= 0.3 is 12.3 Å². The van der Waals surface area contributed by atoms with Crippen molar-refractivity contribution in [1.82, 2.24) is 9.78 Å². The van der Waals surface area contributed by atoms with Gasteiger partial charge in [0.05, 0.1) is 22.0 Å². The lowest BCUT2D eigenvalue weighted by Crippen LogP contribution is -2.09. The molecule has 4 nitrogen and oxygen atoms in total. The highest BCUT2D eigenvalue weighted by atomic mass is 79.9. The molecule has 0 aliphatic carbocycles. The van der Waals surface area contributed by atoms with E-state index in [0.29, 0.717) is 28.8 Å². The Morgan fingerprint density at radius 2 is 1.88 bits per heavy atom. The van der Waals surface area contributed by atoms with Crippen molar-refractivity contribution >= 4 is 33.7 Å². The number of aryl methyl sites for hydroxylation is 2. The quantitative estimate of drug-likeness (QED) is 0.697. The van der Waals surface area contributed by atoms with Crippen molar-refractivity contribution < 1.29 is 22.8 Å². The first-order valence-corrected chi connectivity index (χ1v) is 7.99. The third kappa shape index (κ3) is 4.47. The zero-order valence-electron chi connectivity index (χ0n) is 12.7. The van der Waals surface area contributed by atoms with Gasteiger partial charge in [-0.25, -0.2) is 0 Å². The first-order valence-electron chi connectivity index (χ1n) is 6.82. The molecule has 0 fully saturated rings. The molecular formula is C15H13BrClF3N2O2. The largest absolute Gasteiger partial charge is 0.417 e. The monoisotopic (exact) mass is 424 g/mol. The molecule has 0 saturated heterocycles. The number of hydrogen-bond donors (Lipinski definition) is 0. The summed E-state index contributed by atoms with van der Waals surface area (Å²) in [5.74, 6) is 0. The Hall–Kier alpha value is -1.63. The number of aromatic nitrogens is 2. The summed E-state index contributed by atoms with van der Waals surface area (Å²) >= 11 is 9.32. The average molecular weight is 426 g/mol. The van der Waals surface area contributed by atoms with Gasteiger partial charge in [0, 0.05) is 16.6 Å². The van der Waals surface area contributed by atoms with Crippen LogP contribution >= 0.6 is 27.5 Å². The smallest absolute Gasteiger partial charge is 0.263 e. The van der Waals surface area contributed by atoms with Crippen LogP contribution in [0.2, 0.25) is 5.02 Å². The summed E-state index contributed by atoms with van der Waals surface area (Å²) in [5, 5.41) is 4.56. The van der Waals surface area contributed by atoms with Gasteiger partial charge in [0.1, 0.15) is 0 Å². The van der Waals surface area contributed by atoms with Gasteiger partial charge in [-0.3, -0.25) is 4.68 Å². The van der Waals surface area contributed by atoms with E-state index in [1.54, 1.807) is 6.07 Å². The Kier molecular flexibility index (Phi) is 7.20. The van der Waals surface area contributed by atoms with Gasteiger partial charge in [0.15, 0.2) is 0 Å². The molecule has 0 N–H and O–H groups in total. The topological polar surface area (TPSA) is 52.0 Å². The van der Waals surface area contributed by atoms with Crippen LogP contribution in [-0.2, 0) is 28.7 Å². The summed E-state index contributed by atoms with van der Waals surface area (Å²) in [7, 11) is 0. The zero-order valence-corrected chi connectivity index (χ0v) is 15.1. The van der Waals surface area contributed by atoms with Crippen molar-refractivity contribution in [3.63, 3.8) is 0 Å². The fourth-order valence-electron chi connectivity index (χ4n) is 2.16. The molecule has 0 aliphatic heterocycles. The Balaban J connectivity index is 0.000000891. The minimum Gasteiger partial charge on any atom is -0.263 e. The maximum atomic E-state index is 13.3. The summed E-state index contributed by atoms with van der Waals surface area (Å²) in [6.07, 6.45) is -3.64. The number of halogens is 5. The summed E-state index contributed by atoms with van der Waals surface area (Å²) in [4.78, 5) is 16.2. The maximum Gasteiger partial charge on any atom is 0.417 e. The Labute approximate surface area is 149 Å². The minimum atomic E-state index is -4.46. The summed E-state index contributed by atoms with van der Waals surface area (Å²) < 4.78 is 41.7. The highest BCUT2D eigenvalue weighted by Crippen LogP contribution is 2.41. The van der Waals surface area contributed by atoms with Crippen LogP contribution in [0.25, 0.3) is 11.3 Å². The fraction of sp³-hybridized carbons (Fsp3) is 0.333. The molecule has 1 aromatic heterocycles. The van der Waals surface area contributed by atoms with Gasteiger partial charge < -0.3 is 0 Å². The van der Waals surface area contributed by atoms with E-state index in [4.69, 9.17) is 21.2 Å². The van der Waals surface area contributed by atoms with E-state index >= 15 is 0 Å². The third-order valence-corrected chi connectivity index (χ3v) is 4.03. The summed E-state index contributed by atoms with van der Waals surface area (Å²) in [6, 6.07) is 4.05. The molecular weight excluding hydrogens is 413 g/mol. The van der Waals surface area contributed by atoms with Crippen molar-refractivity contribution in [2.24, 2.45) is 0 Å². The molecule has 1 aromatic carbocycles. The van der Waals surface area contributed by atoms with Crippen molar-refractivity contribution in [2.45, 2.75) is 33.0 Å². The van der Waals surface area contributed by atoms with E-state index in [0.717, 1.165) is 6.07 Å². The van der Waals surface area contributed by atoms with Crippen molar-refractivity contribution in [1.29, 1.82) is 0 Å². The third-order valence-electron chi connectivity index (χ3n) is 3.14. The molecule has 0 spiro atoms. The molecule has 2 aromatic rings. The SMILES string of the molecule is CCc1nn(CC)c(-c2ccc(Br)cc2C(F)(F)F)c1Cl.O=C=O. The van der Waals surface area contributed by atoms with E-state index in [1.165, 1.54) is 10.7 Å². The van der Waals surface area contributed by atoms with Crippen LogP contribution in [0.3, 0.4) is 0 Å². The Bertz CT molecular complexity index is 754. The molecule has 0 atom stereocenters. The molecule has 1 heterocycles. The van der Waals surface area contributed by atoms with Gasteiger partial charge in [-0.2, -0.15) is 27.9 Å². The molecule has 0 saturated carbocycles. The molecule has 0 amide bonds. The number of carbonyl (C=O) groups excluding carboxylic acids is 2. The van der Waals surface area contributed by atoms with Crippen LogP contribution in [0.5, 0.6) is 0 Å². The lowest BCUT2D eigenvalue weighted by atomic mass is 10.0. The van der Waals surface area contributed by atoms with Crippen LogP contribution in [-0.4, -0.2) is 15.9 Å². The average Bonchev–Trinajstić information content (AvgIpc) is 2.83. The second-order valence-electron chi connectivity index (χ2n) is 4.55. The predicted octanol–water partition coefficient (Wildman–Crippen LogP) is 4.98. The lowest BCUT2D eigenvalue weighted by molar-refractivity contribution is -0.191. The predicted molar refractivity (Wildman–Crippen MR) is 85.4 cm³/mol.